The Morgan fingerprint density at radius 2 is 2.40 bits per heavy atom. The van der Waals surface area contributed by atoms with E-state index in [1.165, 1.54) is 6.42 Å². The van der Waals surface area contributed by atoms with Gasteiger partial charge in [0.1, 0.15) is 5.78 Å². The smallest absolute Gasteiger partial charge is 0.149 e. The first-order valence-corrected chi connectivity index (χ1v) is 4.10. The maximum absolute atomic E-state index is 11.1. The van der Waals surface area contributed by atoms with E-state index in [4.69, 9.17) is 0 Å². The molecule has 1 atom stereocenters. The van der Waals surface area contributed by atoms with Crippen LogP contribution in [0.1, 0.15) is 32.6 Å². The molecule has 1 saturated carbocycles. The van der Waals surface area contributed by atoms with Crippen LogP contribution >= 0.6 is 0 Å². The molecule has 2 heteroatoms. The summed E-state index contributed by atoms with van der Waals surface area (Å²) in [6.07, 6.45) is 4.15. The fourth-order valence-corrected chi connectivity index (χ4v) is 1.45. The van der Waals surface area contributed by atoms with Crippen molar-refractivity contribution in [2.24, 2.45) is 0 Å². The Hall–Kier alpha value is -0.370. The van der Waals surface area contributed by atoms with Crippen LogP contribution in [0, 0.1) is 0 Å². The van der Waals surface area contributed by atoms with Gasteiger partial charge in [-0.05, 0) is 19.4 Å². The molecule has 0 bridgehead atoms. The average molecular weight is 141 g/mol. The van der Waals surface area contributed by atoms with Crippen molar-refractivity contribution in [3.8, 4) is 0 Å². The van der Waals surface area contributed by atoms with E-state index in [2.05, 4.69) is 5.32 Å². The molecule has 0 aromatic heterocycles. The van der Waals surface area contributed by atoms with E-state index in [-0.39, 0.29) is 6.04 Å². The van der Waals surface area contributed by atoms with E-state index in [0.29, 0.717) is 5.78 Å². The number of nitrogens with one attached hydrogen (secondary N) is 1. The number of likely N-dealkylation sites (N-methyl/N-ethyl adjacent to an activating group) is 1. The molecule has 0 radical (unpaired) electrons. The molecule has 0 aliphatic heterocycles. The highest BCUT2D eigenvalue weighted by molar-refractivity contribution is 5.84. The average Bonchev–Trinajstić information content (AvgIpc) is 1.94. The molecule has 0 aromatic rings. The van der Waals surface area contributed by atoms with E-state index >= 15 is 0 Å². The van der Waals surface area contributed by atoms with Crippen LogP contribution in [0.4, 0.5) is 0 Å². The van der Waals surface area contributed by atoms with Crippen molar-refractivity contribution < 1.29 is 4.79 Å². The van der Waals surface area contributed by atoms with Crippen LogP contribution in [-0.4, -0.2) is 18.4 Å². The second kappa shape index (κ2) is 3.71. The molecule has 1 rings (SSSR count). The van der Waals surface area contributed by atoms with Crippen LogP contribution in [0.25, 0.3) is 0 Å². The minimum absolute atomic E-state index is 0.179. The number of rotatable bonds is 2. The summed E-state index contributed by atoms with van der Waals surface area (Å²) in [5, 5.41) is 3.18. The van der Waals surface area contributed by atoms with Crippen LogP contribution in [0.2, 0.25) is 0 Å². The maximum Gasteiger partial charge on any atom is 0.149 e. The summed E-state index contributed by atoms with van der Waals surface area (Å²) >= 11 is 0. The van der Waals surface area contributed by atoms with Gasteiger partial charge in [0.25, 0.3) is 0 Å². The molecule has 1 aliphatic rings. The maximum atomic E-state index is 11.1. The first-order valence-electron chi connectivity index (χ1n) is 4.10. The lowest BCUT2D eigenvalue weighted by Crippen LogP contribution is -2.38. The number of Topliss-reactive ketones (excluding diaryl/α,β-unsaturated/α-hetero) is 1. The quantitative estimate of drug-likeness (QED) is 0.624. The first kappa shape index (κ1) is 7.73. The highest BCUT2D eigenvalue weighted by atomic mass is 16.1. The van der Waals surface area contributed by atoms with Crippen molar-refractivity contribution in [2.45, 2.75) is 38.6 Å². The second-order valence-corrected chi connectivity index (χ2v) is 2.82. The molecule has 2 nitrogen and oxygen atoms in total. The van der Waals surface area contributed by atoms with Gasteiger partial charge in [0, 0.05) is 6.42 Å². The van der Waals surface area contributed by atoms with Gasteiger partial charge in [-0.3, -0.25) is 4.79 Å². The fourth-order valence-electron chi connectivity index (χ4n) is 1.45. The first-order chi connectivity index (χ1) is 4.84. The minimum atomic E-state index is 0.179. The zero-order chi connectivity index (χ0) is 7.40. The van der Waals surface area contributed by atoms with Gasteiger partial charge in [-0.25, -0.2) is 0 Å². The molecule has 1 unspecified atom stereocenters. The second-order valence-electron chi connectivity index (χ2n) is 2.82. The van der Waals surface area contributed by atoms with Crippen LogP contribution < -0.4 is 5.32 Å². The van der Waals surface area contributed by atoms with Gasteiger partial charge in [0.15, 0.2) is 0 Å². The van der Waals surface area contributed by atoms with Crippen LogP contribution in [-0.2, 0) is 4.79 Å². The Morgan fingerprint density at radius 3 is 3.00 bits per heavy atom. The third kappa shape index (κ3) is 1.81. The van der Waals surface area contributed by atoms with E-state index in [1.54, 1.807) is 0 Å². The van der Waals surface area contributed by atoms with Crippen LogP contribution in [0.15, 0.2) is 0 Å². The Balaban J connectivity index is 2.32. The fraction of sp³-hybridized carbons (Fsp3) is 0.875. The van der Waals surface area contributed by atoms with Gasteiger partial charge < -0.3 is 5.32 Å². The molecule has 58 valence electrons. The largest absolute Gasteiger partial charge is 0.308 e. The molecular formula is C8H15NO. The molecule has 0 heterocycles. The number of hydrogen-bond acceptors (Lipinski definition) is 2. The number of hydrogen-bond donors (Lipinski definition) is 1. The minimum Gasteiger partial charge on any atom is -0.308 e. The number of ketones is 1. The van der Waals surface area contributed by atoms with Gasteiger partial charge in [-0.2, -0.15) is 0 Å². The predicted molar refractivity (Wildman–Crippen MR) is 40.9 cm³/mol. The van der Waals surface area contributed by atoms with E-state index in [9.17, 15) is 4.79 Å². The third-order valence-corrected chi connectivity index (χ3v) is 2.01. The molecule has 0 aromatic carbocycles. The summed E-state index contributed by atoms with van der Waals surface area (Å²) in [7, 11) is 0. The molecule has 10 heavy (non-hydrogen) atoms. The topological polar surface area (TPSA) is 29.1 Å². The van der Waals surface area contributed by atoms with Crippen molar-refractivity contribution in [3.05, 3.63) is 0 Å². The normalized spacial score (nSPS) is 26.9. The zero-order valence-corrected chi connectivity index (χ0v) is 6.52. The van der Waals surface area contributed by atoms with Crippen LogP contribution in [0.5, 0.6) is 0 Å². The van der Waals surface area contributed by atoms with Gasteiger partial charge in [-0.1, -0.05) is 13.3 Å². The Bertz CT molecular complexity index is 120. The standard InChI is InChI=1S/C8H15NO/c1-2-9-7-5-3-4-6-8(7)10/h7,9H,2-6H2,1H3. The third-order valence-electron chi connectivity index (χ3n) is 2.01. The predicted octanol–water partition coefficient (Wildman–Crippen LogP) is 1.11. The molecule has 1 fully saturated rings. The highest BCUT2D eigenvalue weighted by Crippen LogP contribution is 2.13. The Labute approximate surface area is 62.0 Å². The van der Waals surface area contributed by atoms with Crippen molar-refractivity contribution in [3.63, 3.8) is 0 Å². The molecular weight excluding hydrogens is 126 g/mol. The number of carbonyl (C=O) groups excluding carboxylic acids is 1. The molecule has 0 spiro atoms. The summed E-state index contributed by atoms with van der Waals surface area (Å²) in [6, 6.07) is 0.179. The lowest BCUT2D eigenvalue weighted by atomic mass is 9.94. The Kier molecular flexibility index (Phi) is 2.87. The van der Waals surface area contributed by atoms with Crippen LogP contribution in [0.3, 0.4) is 0 Å². The summed E-state index contributed by atoms with van der Waals surface area (Å²) < 4.78 is 0. The van der Waals surface area contributed by atoms with Gasteiger partial charge >= 0.3 is 0 Å². The van der Waals surface area contributed by atoms with Crippen molar-refractivity contribution in [1.29, 1.82) is 0 Å². The number of carbonyl (C=O) groups is 1. The van der Waals surface area contributed by atoms with Gasteiger partial charge in [-0.15, -0.1) is 0 Å². The lowest BCUT2D eigenvalue weighted by Gasteiger charge is -2.20. The van der Waals surface area contributed by atoms with Crippen molar-refractivity contribution in [2.75, 3.05) is 6.54 Å². The van der Waals surface area contributed by atoms with E-state index < -0.39 is 0 Å². The summed E-state index contributed by atoms with van der Waals surface area (Å²) in [6.45, 7) is 2.96. The summed E-state index contributed by atoms with van der Waals surface area (Å²) in [5.74, 6) is 0.410. The summed E-state index contributed by atoms with van der Waals surface area (Å²) in [5.41, 5.74) is 0. The molecule has 0 saturated heterocycles. The highest BCUT2D eigenvalue weighted by Gasteiger charge is 2.20. The van der Waals surface area contributed by atoms with Crippen molar-refractivity contribution in [1.82, 2.24) is 5.32 Å². The van der Waals surface area contributed by atoms with E-state index in [0.717, 1.165) is 25.8 Å². The molecule has 1 N–H and O–H groups in total. The molecule has 0 amide bonds. The van der Waals surface area contributed by atoms with E-state index in [1.807, 2.05) is 6.92 Å². The zero-order valence-electron chi connectivity index (χ0n) is 6.52. The molecule has 1 aliphatic carbocycles. The Morgan fingerprint density at radius 1 is 1.60 bits per heavy atom. The lowest BCUT2D eigenvalue weighted by molar-refractivity contribution is -0.122. The van der Waals surface area contributed by atoms with Gasteiger partial charge in [0.05, 0.1) is 6.04 Å². The SMILES string of the molecule is CCNC1CCCCC1=O. The van der Waals surface area contributed by atoms with Gasteiger partial charge in [0.2, 0.25) is 0 Å². The van der Waals surface area contributed by atoms with Crippen molar-refractivity contribution >= 4 is 5.78 Å². The summed E-state index contributed by atoms with van der Waals surface area (Å²) in [4.78, 5) is 11.1. The monoisotopic (exact) mass is 141 g/mol.